The molecule has 1 aliphatic heterocycles. The van der Waals surface area contributed by atoms with Gasteiger partial charge in [-0.25, -0.2) is 0 Å². The summed E-state index contributed by atoms with van der Waals surface area (Å²) >= 11 is 0. The minimum atomic E-state index is -0.764. The van der Waals surface area contributed by atoms with Gasteiger partial charge in [-0.3, -0.25) is 14.5 Å². The van der Waals surface area contributed by atoms with Crippen molar-refractivity contribution in [1.82, 2.24) is 0 Å². The first kappa shape index (κ1) is 26.6. The maximum absolute atomic E-state index is 14.3. The Labute approximate surface area is 233 Å². The van der Waals surface area contributed by atoms with Crippen LogP contribution in [0.3, 0.4) is 0 Å². The number of hydrogen-bond acceptors (Lipinski definition) is 6. The number of rotatable bonds is 8. The highest BCUT2D eigenvalue weighted by atomic mass is 16.5. The van der Waals surface area contributed by atoms with Crippen molar-refractivity contribution in [2.75, 3.05) is 38.7 Å². The summed E-state index contributed by atoms with van der Waals surface area (Å²) in [5.74, 6) is 1.12. The Balaban J connectivity index is 1.68. The number of anilines is 2. The van der Waals surface area contributed by atoms with Crippen molar-refractivity contribution in [2.24, 2.45) is 0 Å². The van der Waals surface area contributed by atoms with Gasteiger partial charge in [0, 0.05) is 17.3 Å². The molecule has 8 heteroatoms. The zero-order valence-electron chi connectivity index (χ0n) is 22.7. The van der Waals surface area contributed by atoms with Gasteiger partial charge in [0.25, 0.3) is 5.91 Å². The zero-order chi connectivity index (χ0) is 28.2. The first-order chi connectivity index (χ1) is 19.5. The fraction of sp³-hybridized carbons (Fsp3) is 0.188. The molecule has 0 unspecified atom stereocenters. The number of fused-ring (bicyclic) bond motifs is 1. The van der Waals surface area contributed by atoms with E-state index < -0.39 is 12.0 Å². The molecule has 0 radical (unpaired) electrons. The Morgan fingerprint density at radius 1 is 0.725 bits per heavy atom. The molecule has 0 fully saturated rings. The Kier molecular flexibility index (Phi) is 7.59. The van der Waals surface area contributed by atoms with Crippen LogP contribution in [0.5, 0.6) is 23.0 Å². The van der Waals surface area contributed by atoms with Gasteiger partial charge in [-0.2, -0.15) is 0 Å². The third-order valence-corrected chi connectivity index (χ3v) is 7.09. The summed E-state index contributed by atoms with van der Waals surface area (Å²) in [6, 6.07) is 26.4. The van der Waals surface area contributed by atoms with Crippen LogP contribution in [0.2, 0.25) is 0 Å². The molecular formula is C32H30N2O6. The van der Waals surface area contributed by atoms with E-state index in [9.17, 15) is 9.59 Å². The SMILES string of the molecule is COc1ccc([C@H]2[C@@H](C(=O)Nc3cc(OC)ccc3OC)c3ccccc3C(=O)N2c2ccc(OC)cc2)cc1. The number of benzene rings is 4. The van der Waals surface area contributed by atoms with Crippen LogP contribution in [-0.2, 0) is 4.79 Å². The maximum atomic E-state index is 14.3. The molecule has 40 heavy (non-hydrogen) atoms. The second-order valence-corrected chi connectivity index (χ2v) is 9.21. The van der Waals surface area contributed by atoms with E-state index in [2.05, 4.69) is 5.32 Å². The number of ether oxygens (including phenoxy) is 4. The molecule has 0 aromatic heterocycles. The molecule has 5 rings (SSSR count). The Hall–Kier alpha value is -4.98. The predicted molar refractivity (Wildman–Crippen MR) is 153 cm³/mol. The molecule has 8 nitrogen and oxygen atoms in total. The maximum Gasteiger partial charge on any atom is 0.259 e. The summed E-state index contributed by atoms with van der Waals surface area (Å²) in [5, 5.41) is 3.05. The van der Waals surface area contributed by atoms with Gasteiger partial charge < -0.3 is 24.3 Å². The van der Waals surface area contributed by atoms with Gasteiger partial charge in [0.2, 0.25) is 5.91 Å². The molecule has 0 bridgehead atoms. The lowest BCUT2D eigenvalue weighted by Crippen LogP contribution is -2.46. The van der Waals surface area contributed by atoms with Crippen LogP contribution in [0, 0.1) is 0 Å². The van der Waals surface area contributed by atoms with E-state index in [4.69, 9.17) is 18.9 Å². The Morgan fingerprint density at radius 3 is 1.95 bits per heavy atom. The average Bonchev–Trinajstić information content (AvgIpc) is 3.01. The van der Waals surface area contributed by atoms with Gasteiger partial charge in [-0.1, -0.05) is 30.3 Å². The lowest BCUT2D eigenvalue weighted by Gasteiger charge is -2.42. The number of carbonyl (C=O) groups is 2. The van der Waals surface area contributed by atoms with E-state index in [0.29, 0.717) is 45.5 Å². The molecule has 0 aliphatic carbocycles. The normalized spacial score (nSPS) is 16.1. The first-order valence-electron chi connectivity index (χ1n) is 12.7. The van der Waals surface area contributed by atoms with Crippen LogP contribution in [0.15, 0.2) is 91.0 Å². The van der Waals surface area contributed by atoms with Crippen LogP contribution < -0.4 is 29.2 Å². The summed E-state index contributed by atoms with van der Waals surface area (Å²) in [7, 11) is 6.28. The van der Waals surface area contributed by atoms with E-state index in [1.165, 1.54) is 7.11 Å². The standard InChI is InChI=1S/C32H30N2O6/c1-37-22-13-9-20(10-14-22)30-29(31(35)33-27-19-24(39-3)17-18-28(27)40-4)25-7-5-6-8-26(25)32(36)34(30)21-11-15-23(38-2)16-12-21/h5-19,29-30H,1-4H3,(H,33,35)/t29-,30-/m0/s1. The highest BCUT2D eigenvalue weighted by Gasteiger charge is 2.45. The summed E-state index contributed by atoms with van der Waals surface area (Å²) in [5.41, 5.74) is 2.97. The van der Waals surface area contributed by atoms with Crippen LogP contribution in [0.4, 0.5) is 11.4 Å². The topological polar surface area (TPSA) is 86.3 Å². The van der Waals surface area contributed by atoms with Crippen LogP contribution >= 0.6 is 0 Å². The number of carbonyl (C=O) groups excluding carboxylic acids is 2. The molecule has 2 atom stereocenters. The Bertz CT molecular complexity index is 1520. The molecule has 2 amide bonds. The van der Waals surface area contributed by atoms with Crippen LogP contribution in [-0.4, -0.2) is 40.3 Å². The van der Waals surface area contributed by atoms with Crippen molar-refractivity contribution in [3.63, 3.8) is 0 Å². The molecule has 4 aromatic rings. The highest BCUT2D eigenvalue weighted by Crippen LogP contribution is 2.46. The van der Waals surface area contributed by atoms with Gasteiger partial charge in [-0.15, -0.1) is 0 Å². The lowest BCUT2D eigenvalue weighted by molar-refractivity contribution is -0.118. The summed E-state index contributed by atoms with van der Waals surface area (Å²) < 4.78 is 21.6. The fourth-order valence-corrected chi connectivity index (χ4v) is 5.11. The van der Waals surface area contributed by atoms with Crippen molar-refractivity contribution in [3.05, 3.63) is 108 Å². The molecule has 0 saturated heterocycles. The average molecular weight is 539 g/mol. The van der Waals surface area contributed by atoms with Crippen molar-refractivity contribution < 1.29 is 28.5 Å². The summed E-state index contributed by atoms with van der Waals surface area (Å²) in [6.07, 6.45) is 0. The molecule has 1 heterocycles. The summed E-state index contributed by atoms with van der Waals surface area (Å²) in [4.78, 5) is 30.1. The highest BCUT2D eigenvalue weighted by molar-refractivity contribution is 6.12. The van der Waals surface area contributed by atoms with Gasteiger partial charge in [0.15, 0.2) is 0 Å². The predicted octanol–water partition coefficient (Wildman–Crippen LogP) is 5.85. The van der Waals surface area contributed by atoms with E-state index in [-0.39, 0.29) is 11.8 Å². The van der Waals surface area contributed by atoms with Gasteiger partial charge in [-0.05, 0) is 65.7 Å². The van der Waals surface area contributed by atoms with Gasteiger partial charge in [0.05, 0.1) is 46.1 Å². The van der Waals surface area contributed by atoms with Gasteiger partial charge >= 0.3 is 0 Å². The van der Waals surface area contributed by atoms with Crippen LogP contribution in [0.25, 0.3) is 0 Å². The van der Waals surface area contributed by atoms with Crippen molar-refractivity contribution >= 4 is 23.2 Å². The molecule has 0 spiro atoms. The van der Waals surface area contributed by atoms with E-state index in [0.717, 1.165) is 5.56 Å². The van der Waals surface area contributed by atoms with E-state index in [1.807, 2.05) is 48.5 Å². The second-order valence-electron chi connectivity index (χ2n) is 9.21. The minimum Gasteiger partial charge on any atom is -0.497 e. The molecular weight excluding hydrogens is 508 g/mol. The van der Waals surface area contributed by atoms with E-state index >= 15 is 0 Å². The smallest absolute Gasteiger partial charge is 0.259 e. The molecule has 1 N–H and O–H groups in total. The number of amides is 2. The van der Waals surface area contributed by atoms with Crippen LogP contribution in [0.1, 0.15) is 33.4 Å². The summed E-state index contributed by atoms with van der Waals surface area (Å²) in [6.45, 7) is 0. The third-order valence-electron chi connectivity index (χ3n) is 7.09. The van der Waals surface area contributed by atoms with E-state index in [1.54, 1.807) is 68.7 Å². The van der Waals surface area contributed by atoms with Crippen molar-refractivity contribution in [1.29, 1.82) is 0 Å². The Morgan fingerprint density at radius 2 is 1.32 bits per heavy atom. The fourth-order valence-electron chi connectivity index (χ4n) is 5.11. The number of nitrogens with one attached hydrogen (secondary N) is 1. The van der Waals surface area contributed by atoms with Crippen molar-refractivity contribution in [3.8, 4) is 23.0 Å². The first-order valence-corrected chi connectivity index (χ1v) is 12.7. The van der Waals surface area contributed by atoms with Gasteiger partial charge in [0.1, 0.15) is 23.0 Å². The van der Waals surface area contributed by atoms with Crippen molar-refractivity contribution in [2.45, 2.75) is 12.0 Å². The third kappa shape index (κ3) is 4.91. The minimum absolute atomic E-state index is 0.204. The zero-order valence-corrected chi connectivity index (χ0v) is 22.7. The largest absolute Gasteiger partial charge is 0.497 e. The molecule has 204 valence electrons. The monoisotopic (exact) mass is 538 g/mol. The molecule has 1 aliphatic rings. The lowest BCUT2D eigenvalue weighted by atomic mass is 9.78. The quantitative estimate of drug-likeness (QED) is 0.303. The molecule has 4 aromatic carbocycles. The molecule has 0 saturated carbocycles. The number of methoxy groups -OCH3 is 4. The number of nitrogens with zero attached hydrogens (tertiary/aromatic N) is 1. The second kappa shape index (κ2) is 11.4. The number of hydrogen-bond donors (Lipinski definition) is 1.